The number of aromatic carboxylic acids is 1. The highest BCUT2D eigenvalue weighted by Crippen LogP contribution is 2.36. The molecule has 2 aromatic rings. The number of nitrogens with two attached hydrogens (primary N) is 2. The maximum Gasteiger partial charge on any atom is 0.526 e. The second-order valence-corrected chi connectivity index (χ2v) is 6.95. The van der Waals surface area contributed by atoms with Crippen molar-refractivity contribution in [1.82, 2.24) is 0 Å². The Morgan fingerprint density at radius 3 is 2.50 bits per heavy atom. The Labute approximate surface area is 163 Å². The van der Waals surface area contributed by atoms with Crippen molar-refractivity contribution in [2.24, 2.45) is 11.5 Å². The number of carbonyl (C=O) groups excluding carboxylic acids is 1. The van der Waals surface area contributed by atoms with Crippen molar-refractivity contribution in [2.45, 2.75) is 38.2 Å². The number of hydrogen-bond acceptors (Lipinski definition) is 6. The Morgan fingerprint density at radius 1 is 1.11 bits per heavy atom. The molecule has 2 aromatic carbocycles. The van der Waals surface area contributed by atoms with Crippen molar-refractivity contribution in [1.29, 1.82) is 0 Å². The standard InChI is InChI=1S/C20H23BN2O5/c22-10-14-5-1-3-12(18(14)11-23)8-16(24)9-15-7-13-4-2-6-17(20(25)26)19(13)28-21(15)27/h1-6,15,27H,7-11,22-23H2,(H,25,26)/t15-/m1/s1. The van der Waals surface area contributed by atoms with Gasteiger partial charge in [-0.15, -0.1) is 0 Å². The summed E-state index contributed by atoms with van der Waals surface area (Å²) in [5.41, 5.74) is 14.9. The highest BCUT2D eigenvalue weighted by molar-refractivity contribution is 6.47. The quantitative estimate of drug-likeness (QED) is 0.530. The van der Waals surface area contributed by atoms with Gasteiger partial charge in [-0.25, -0.2) is 4.79 Å². The number of carboxylic acids is 1. The first kappa shape index (κ1) is 20.1. The van der Waals surface area contributed by atoms with E-state index in [-0.39, 0.29) is 29.9 Å². The summed E-state index contributed by atoms with van der Waals surface area (Å²) >= 11 is 0. The molecule has 146 valence electrons. The number of carboxylic acid groups (broad SMARTS) is 1. The van der Waals surface area contributed by atoms with Crippen LogP contribution in [0.3, 0.4) is 0 Å². The van der Waals surface area contributed by atoms with Gasteiger partial charge in [0.2, 0.25) is 0 Å². The van der Waals surface area contributed by atoms with E-state index >= 15 is 0 Å². The molecule has 1 aliphatic rings. The van der Waals surface area contributed by atoms with Crippen LogP contribution in [-0.4, -0.2) is 29.0 Å². The number of benzene rings is 2. The Balaban J connectivity index is 1.74. The number of Topliss-reactive ketones (excluding diaryl/α,β-unsaturated/α-hetero) is 1. The van der Waals surface area contributed by atoms with Gasteiger partial charge in [0.1, 0.15) is 11.5 Å². The highest BCUT2D eigenvalue weighted by atomic mass is 16.5. The highest BCUT2D eigenvalue weighted by Gasteiger charge is 2.37. The molecular weight excluding hydrogens is 359 g/mol. The second-order valence-electron chi connectivity index (χ2n) is 6.95. The summed E-state index contributed by atoms with van der Waals surface area (Å²) in [6, 6.07) is 10.4. The maximum atomic E-state index is 12.6. The molecule has 7 nitrogen and oxygen atoms in total. The third-order valence-electron chi connectivity index (χ3n) is 5.12. The third-order valence-corrected chi connectivity index (χ3v) is 5.12. The molecule has 6 N–H and O–H groups in total. The van der Waals surface area contributed by atoms with E-state index < -0.39 is 18.9 Å². The van der Waals surface area contributed by atoms with Gasteiger partial charge < -0.3 is 26.3 Å². The number of rotatable bonds is 7. The molecule has 0 saturated heterocycles. The van der Waals surface area contributed by atoms with Gasteiger partial charge in [-0.1, -0.05) is 30.3 Å². The van der Waals surface area contributed by atoms with Crippen LogP contribution in [0.25, 0.3) is 0 Å². The Hall–Kier alpha value is -2.68. The number of para-hydroxylation sites is 1. The van der Waals surface area contributed by atoms with Crippen LogP contribution in [0.1, 0.15) is 39.0 Å². The predicted molar refractivity (Wildman–Crippen MR) is 105 cm³/mol. The molecule has 0 unspecified atom stereocenters. The minimum atomic E-state index is -1.23. The van der Waals surface area contributed by atoms with E-state index in [0.717, 1.165) is 16.7 Å². The van der Waals surface area contributed by atoms with E-state index in [2.05, 4.69) is 0 Å². The molecule has 1 aliphatic heterocycles. The fourth-order valence-corrected chi connectivity index (χ4v) is 3.71. The smallest absolute Gasteiger partial charge is 0.526 e. The van der Waals surface area contributed by atoms with Crippen molar-refractivity contribution >= 4 is 18.9 Å². The van der Waals surface area contributed by atoms with Crippen molar-refractivity contribution < 1.29 is 24.4 Å². The van der Waals surface area contributed by atoms with Gasteiger partial charge in [-0.05, 0) is 34.7 Å². The van der Waals surface area contributed by atoms with E-state index in [0.29, 0.717) is 25.1 Å². The van der Waals surface area contributed by atoms with Crippen molar-refractivity contribution in [3.8, 4) is 5.75 Å². The molecule has 8 heteroatoms. The van der Waals surface area contributed by atoms with Gasteiger partial charge in [0.15, 0.2) is 0 Å². The first-order valence-electron chi connectivity index (χ1n) is 9.16. The van der Waals surface area contributed by atoms with Crippen molar-refractivity contribution in [3.63, 3.8) is 0 Å². The topological polar surface area (TPSA) is 136 Å². The molecular formula is C20H23BN2O5. The maximum absolute atomic E-state index is 12.6. The third kappa shape index (κ3) is 4.09. The largest absolute Gasteiger partial charge is 0.535 e. The van der Waals surface area contributed by atoms with Crippen LogP contribution in [0.5, 0.6) is 5.75 Å². The summed E-state index contributed by atoms with van der Waals surface area (Å²) in [6.07, 6.45) is 0.691. The van der Waals surface area contributed by atoms with Crippen LogP contribution in [0.4, 0.5) is 0 Å². The van der Waals surface area contributed by atoms with E-state index in [4.69, 9.17) is 16.1 Å². The monoisotopic (exact) mass is 382 g/mol. The molecule has 3 rings (SSSR count). The SMILES string of the molecule is NCc1cccc(CC(=O)C[C@H]2Cc3cccc(C(=O)O)c3OB2O)c1CN. The minimum Gasteiger partial charge on any atom is -0.535 e. The van der Waals surface area contributed by atoms with Crippen LogP contribution in [0.15, 0.2) is 36.4 Å². The molecule has 0 aromatic heterocycles. The fraction of sp³-hybridized carbons (Fsp3) is 0.300. The predicted octanol–water partition coefficient (Wildman–Crippen LogP) is 1.29. The molecule has 0 radical (unpaired) electrons. The van der Waals surface area contributed by atoms with E-state index in [9.17, 15) is 19.7 Å². The van der Waals surface area contributed by atoms with Gasteiger partial charge in [-0.3, -0.25) is 4.79 Å². The summed E-state index contributed by atoms with van der Waals surface area (Å²) < 4.78 is 5.46. The van der Waals surface area contributed by atoms with Gasteiger partial charge in [0.05, 0.1) is 5.56 Å². The first-order chi connectivity index (χ1) is 13.4. The Morgan fingerprint density at radius 2 is 1.82 bits per heavy atom. The first-order valence-corrected chi connectivity index (χ1v) is 9.16. The molecule has 0 spiro atoms. The van der Waals surface area contributed by atoms with Crippen LogP contribution in [-0.2, 0) is 30.7 Å². The van der Waals surface area contributed by atoms with E-state index in [1.165, 1.54) is 6.07 Å². The summed E-state index contributed by atoms with van der Waals surface area (Å²) in [4.78, 5) is 24.0. The molecule has 0 amide bonds. The summed E-state index contributed by atoms with van der Waals surface area (Å²) in [5, 5.41) is 19.6. The number of hydrogen-bond donors (Lipinski definition) is 4. The minimum absolute atomic E-state index is 0.00696. The zero-order valence-electron chi connectivity index (χ0n) is 15.4. The lowest BCUT2D eigenvalue weighted by Gasteiger charge is -2.28. The van der Waals surface area contributed by atoms with E-state index in [1.807, 2.05) is 18.2 Å². The molecule has 0 aliphatic carbocycles. The Bertz CT molecular complexity index is 902. The van der Waals surface area contributed by atoms with Crippen molar-refractivity contribution in [2.75, 3.05) is 0 Å². The Kier molecular flexibility index (Phi) is 6.13. The zero-order chi connectivity index (χ0) is 20.3. The molecule has 1 heterocycles. The number of ketones is 1. The van der Waals surface area contributed by atoms with Gasteiger partial charge in [-0.2, -0.15) is 0 Å². The van der Waals surface area contributed by atoms with Crippen LogP contribution in [0.2, 0.25) is 5.82 Å². The van der Waals surface area contributed by atoms with Gasteiger partial charge >= 0.3 is 13.1 Å². The van der Waals surface area contributed by atoms with Crippen LogP contribution < -0.4 is 16.1 Å². The lowest BCUT2D eigenvalue weighted by molar-refractivity contribution is -0.118. The lowest BCUT2D eigenvalue weighted by atomic mass is 9.64. The summed E-state index contributed by atoms with van der Waals surface area (Å²) in [7, 11) is -1.23. The molecule has 0 saturated carbocycles. The molecule has 0 bridgehead atoms. The molecule has 28 heavy (non-hydrogen) atoms. The zero-order valence-corrected chi connectivity index (χ0v) is 15.4. The van der Waals surface area contributed by atoms with Crippen molar-refractivity contribution in [3.05, 3.63) is 64.2 Å². The number of carbonyl (C=O) groups is 2. The fourth-order valence-electron chi connectivity index (χ4n) is 3.71. The normalized spacial score (nSPS) is 15.7. The van der Waals surface area contributed by atoms with Crippen LogP contribution in [0, 0.1) is 0 Å². The van der Waals surface area contributed by atoms with Crippen LogP contribution >= 0.6 is 0 Å². The summed E-state index contributed by atoms with van der Waals surface area (Å²) in [6.45, 7) is 0.656. The molecule has 0 fully saturated rings. The second kappa shape index (κ2) is 8.56. The van der Waals surface area contributed by atoms with Gasteiger partial charge in [0, 0.05) is 31.7 Å². The van der Waals surface area contributed by atoms with Gasteiger partial charge in [0.25, 0.3) is 0 Å². The molecule has 1 atom stereocenters. The average Bonchev–Trinajstić information content (AvgIpc) is 2.67. The number of fused-ring (bicyclic) bond motifs is 1. The lowest BCUT2D eigenvalue weighted by Crippen LogP contribution is -2.36. The average molecular weight is 382 g/mol. The van der Waals surface area contributed by atoms with E-state index in [1.54, 1.807) is 12.1 Å². The summed E-state index contributed by atoms with van der Waals surface area (Å²) in [5.74, 6) is -1.43.